The van der Waals surface area contributed by atoms with Crippen LogP contribution < -0.4 is 0 Å². The molecule has 188 valence electrons. The van der Waals surface area contributed by atoms with E-state index in [1.807, 2.05) is 39.8 Å². The third kappa shape index (κ3) is 7.05. The number of hydrogen-bond donors (Lipinski definition) is 0. The van der Waals surface area contributed by atoms with E-state index < -0.39 is 0 Å². The highest BCUT2D eigenvalue weighted by molar-refractivity contribution is 5.93. The van der Waals surface area contributed by atoms with Gasteiger partial charge in [-0.05, 0) is 61.7 Å². The first-order chi connectivity index (χ1) is 17.0. The second kappa shape index (κ2) is 13.8. The van der Waals surface area contributed by atoms with E-state index in [4.69, 9.17) is 0 Å². The predicted molar refractivity (Wildman–Crippen MR) is 150 cm³/mol. The SMILES string of the molecule is CC.CC.Cc1cccc(C2(c3ccc(C(=O)N(C)C)cc3)CCN(Cc3ccccc3)CC2)c1. The van der Waals surface area contributed by atoms with Crippen LogP contribution in [0.3, 0.4) is 0 Å². The highest BCUT2D eigenvalue weighted by Gasteiger charge is 2.38. The number of benzene rings is 3. The first-order valence-electron chi connectivity index (χ1n) is 13.1. The molecule has 3 nitrogen and oxygen atoms in total. The van der Waals surface area contributed by atoms with Gasteiger partial charge in [0, 0.05) is 31.6 Å². The van der Waals surface area contributed by atoms with E-state index in [0.29, 0.717) is 0 Å². The van der Waals surface area contributed by atoms with E-state index in [1.165, 1.54) is 22.3 Å². The maximum Gasteiger partial charge on any atom is 0.253 e. The molecule has 0 spiro atoms. The Hall–Kier alpha value is -2.91. The predicted octanol–water partition coefficient (Wildman–Crippen LogP) is 7.33. The first kappa shape index (κ1) is 28.3. The summed E-state index contributed by atoms with van der Waals surface area (Å²) < 4.78 is 0. The molecule has 3 aromatic carbocycles. The van der Waals surface area contributed by atoms with Gasteiger partial charge in [0.05, 0.1) is 0 Å². The van der Waals surface area contributed by atoms with Crippen molar-refractivity contribution in [1.29, 1.82) is 0 Å². The second-order valence-corrected chi connectivity index (χ2v) is 8.99. The summed E-state index contributed by atoms with van der Waals surface area (Å²) in [5, 5.41) is 0. The summed E-state index contributed by atoms with van der Waals surface area (Å²) in [4.78, 5) is 16.6. The lowest BCUT2D eigenvalue weighted by Gasteiger charge is -2.43. The molecule has 0 unspecified atom stereocenters. The lowest BCUT2D eigenvalue weighted by Crippen LogP contribution is -2.43. The molecular formula is C32H44N2O. The Morgan fingerprint density at radius 2 is 1.40 bits per heavy atom. The summed E-state index contributed by atoms with van der Waals surface area (Å²) in [5.74, 6) is 0.0498. The molecule has 0 bridgehead atoms. The number of carbonyl (C=O) groups excluding carboxylic acids is 1. The van der Waals surface area contributed by atoms with E-state index in [9.17, 15) is 4.79 Å². The van der Waals surface area contributed by atoms with Gasteiger partial charge < -0.3 is 4.90 Å². The van der Waals surface area contributed by atoms with Gasteiger partial charge in [-0.15, -0.1) is 0 Å². The van der Waals surface area contributed by atoms with Crippen LogP contribution in [0.2, 0.25) is 0 Å². The summed E-state index contributed by atoms with van der Waals surface area (Å²) in [6.07, 6.45) is 2.15. The van der Waals surface area contributed by atoms with Crippen molar-refractivity contribution >= 4 is 5.91 Å². The molecule has 0 N–H and O–H groups in total. The minimum Gasteiger partial charge on any atom is -0.345 e. The number of aryl methyl sites for hydroxylation is 1. The van der Waals surface area contributed by atoms with Crippen molar-refractivity contribution in [3.05, 3.63) is 107 Å². The zero-order chi connectivity index (χ0) is 25.8. The molecule has 1 aliphatic heterocycles. The third-order valence-electron chi connectivity index (χ3n) is 6.62. The zero-order valence-corrected chi connectivity index (χ0v) is 22.8. The molecule has 0 aliphatic carbocycles. The van der Waals surface area contributed by atoms with Crippen LogP contribution in [0, 0.1) is 6.92 Å². The number of nitrogens with zero attached hydrogens (tertiary/aromatic N) is 2. The van der Waals surface area contributed by atoms with Crippen LogP contribution in [-0.2, 0) is 12.0 Å². The summed E-state index contributed by atoms with van der Waals surface area (Å²) in [6.45, 7) is 13.3. The summed E-state index contributed by atoms with van der Waals surface area (Å²) in [5.41, 5.74) is 6.10. The standard InChI is InChI=1S/C28H32N2O.2C2H6/c1-22-8-7-11-26(20-22)28(25-14-12-24(13-15-25)27(31)29(2)3)16-18-30(19-17-28)21-23-9-5-4-6-10-23;2*1-2/h4-15,20H,16-19,21H2,1-3H3;2*1-2H3. The molecule has 1 amide bonds. The smallest absolute Gasteiger partial charge is 0.253 e. The molecule has 0 atom stereocenters. The van der Waals surface area contributed by atoms with E-state index in [2.05, 4.69) is 78.6 Å². The highest BCUT2D eigenvalue weighted by Crippen LogP contribution is 2.42. The fraction of sp³-hybridized carbons (Fsp3) is 0.406. The molecule has 1 saturated heterocycles. The van der Waals surface area contributed by atoms with Crippen LogP contribution in [0.25, 0.3) is 0 Å². The Labute approximate surface area is 213 Å². The van der Waals surface area contributed by atoms with Crippen molar-refractivity contribution < 1.29 is 4.79 Å². The van der Waals surface area contributed by atoms with Gasteiger partial charge in [0.1, 0.15) is 0 Å². The van der Waals surface area contributed by atoms with Crippen LogP contribution in [0.15, 0.2) is 78.9 Å². The zero-order valence-electron chi connectivity index (χ0n) is 22.8. The number of hydrogen-bond acceptors (Lipinski definition) is 2. The van der Waals surface area contributed by atoms with Gasteiger partial charge in [0.2, 0.25) is 0 Å². The molecule has 0 saturated carbocycles. The van der Waals surface area contributed by atoms with Crippen molar-refractivity contribution in [2.45, 2.75) is 59.4 Å². The molecule has 1 aliphatic rings. The van der Waals surface area contributed by atoms with Crippen molar-refractivity contribution in [3.63, 3.8) is 0 Å². The van der Waals surface area contributed by atoms with Gasteiger partial charge in [-0.25, -0.2) is 0 Å². The summed E-state index contributed by atoms with van der Waals surface area (Å²) >= 11 is 0. The summed E-state index contributed by atoms with van der Waals surface area (Å²) in [7, 11) is 3.60. The normalized spacial score (nSPS) is 14.6. The van der Waals surface area contributed by atoms with Gasteiger partial charge in [0.25, 0.3) is 5.91 Å². The molecule has 35 heavy (non-hydrogen) atoms. The largest absolute Gasteiger partial charge is 0.345 e. The molecule has 3 heteroatoms. The molecule has 0 aromatic heterocycles. The minimum absolute atomic E-state index is 0.0150. The fourth-order valence-corrected chi connectivity index (χ4v) is 4.81. The van der Waals surface area contributed by atoms with Crippen LogP contribution in [0.1, 0.15) is 73.1 Å². The number of amides is 1. The molecule has 1 fully saturated rings. The minimum atomic E-state index is -0.0150. The Morgan fingerprint density at radius 3 is 1.94 bits per heavy atom. The maximum absolute atomic E-state index is 12.4. The molecular weight excluding hydrogens is 428 g/mol. The Kier molecular flexibility index (Phi) is 11.2. The van der Waals surface area contributed by atoms with Crippen LogP contribution >= 0.6 is 0 Å². The van der Waals surface area contributed by atoms with Crippen molar-refractivity contribution in [3.8, 4) is 0 Å². The second-order valence-electron chi connectivity index (χ2n) is 8.99. The van der Waals surface area contributed by atoms with Gasteiger partial charge in [0.15, 0.2) is 0 Å². The van der Waals surface area contributed by atoms with E-state index in [1.54, 1.807) is 19.0 Å². The van der Waals surface area contributed by atoms with Gasteiger partial charge >= 0.3 is 0 Å². The summed E-state index contributed by atoms with van der Waals surface area (Å²) in [6, 6.07) is 28.0. The van der Waals surface area contributed by atoms with Crippen LogP contribution in [0.4, 0.5) is 0 Å². The Morgan fingerprint density at radius 1 is 0.800 bits per heavy atom. The lowest BCUT2D eigenvalue weighted by atomic mass is 9.67. The number of likely N-dealkylation sites (tertiary alicyclic amines) is 1. The topological polar surface area (TPSA) is 23.6 Å². The van der Waals surface area contributed by atoms with Gasteiger partial charge in [-0.1, -0.05) is 100.0 Å². The van der Waals surface area contributed by atoms with Gasteiger partial charge in [-0.3, -0.25) is 9.69 Å². The quantitative estimate of drug-likeness (QED) is 0.388. The number of piperidine rings is 1. The van der Waals surface area contributed by atoms with Crippen LogP contribution in [0.5, 0.6) is 0 Å². The lowest BCUT2D eigenvalue weighted by molar-refractivity contribution is 0.0827. The molecule has 0 radical (unpaired) electrons. The number of rotatable bonds is 5. The van der Waals surface area contributed by atoms with Crippen molar-refractivity contribution in [2.24, 2.45) is 0 Å². The Bertz CT molecular complexity index is 1020. The fourth-order valence-electron chi connectivity index (χ4n) is 4.81. The van der Waals surface area contributed by atoms with Gasteiger partial charge in [-0.2, -0.15) is 0 Å². The monoisotopic (exact) mass is 472 g/mol. The van der Waals surface area contributed by atoms with E-state index in [0.717, 1.165) is 38.0 Å². The average molecular weight is 473 g/mol. The average Bonchev–Trinajstić information content (AvgIpc) is 2.92. The van der Waals surface area contributed by atoms with E-state index >= 15 is 0 Å². The number of carbonyl (C=O) groups is 1. The first-order valence-corrected chi connectivity index (χ1v) is 13.1. The van der Waals surface area contributed by atoms with Crippen molar-refractivity contribution in [2.75, 3.05) is 27.2 Å². The Balaban J connectivity index is 0.00000103. The van der Waals surface area contributed by atoms with E-state index in [-0.39, 0.29) is 11.3 Å². The van der Waals surface area contributed by atoms with Crippen molar-refractivity contribution in [1.82, 2.24) is 9.80 Å². The highest BCUT2D eigenvalue weighted by atomic mass is 16.2. The molecule has 4 rings (SSSR count). The molecule has 3 aromatic rings. The molecule has 1 heterocycles. The van der Waals surface area contributed by atoms with Crippen LogP contribution in [-0.4, -0.2) is 42.9 Å². The maximum atomic E-state index is 12.4. The third-order valence-corrected chi connectivity index (χ3v) is 6.62.